The van der Waals surface area contributed by atoms with Gasteiger partial charge in [-0.25, -0.2) is 0 Å². The Hall–Kier alpha value is -1.35. The first-order chi connectivity index (χ1) is 8.61. The molecule has 0 atom stereocenters. The minimum atomic E-state index is -0.136. The fourth-order valence-corrected chi connectivity index (χ4v) is 2.14. The minimum absolute atomic E-state index is 0.136. The Balaban J connectivity index is 3.61. The first-order valence-corrected chi connectivity index (χ1v) is 6.46. The average molecular weight is 264 g/mol. The van der Waals surface area contributed by atoms with Gasteiger partial charge < -0.3 is 4.89 Å². The molecule has 0 unspecified atom stereocenters. The summed E-state index contributed by atoms with van der Waals surface area (Å²) in [7, 11) is 1.47. The second-order valence-corrected chi connectivity index (χ2v) is 6.80. The van der Waals surface area contributed by atoms with Gasteiger partial charge in [-0.2, -0.15) is 4.89 Å². The predicted octanol–water partition coefficient (Wildman–Crippen LogP) is 4.03. The minimum Gasteiger partial charge on any atom is -0.338 e. The summed E-state index contributed by atoms with van der Waals surface area (Å²) in [6.07, 6.45) is 0.942. The first-order valence-electron chi connectivity index (χ1n) is 6.46. The van der Waals surface area contributed by atoms with E-state index in [0.29, 0.717) is 5.75 Å². The number of carbonyl (C=O) groups excluding carboxylic acids is 1. The Morgan fingerprint density at radius 3 is 1.63 bits per heavy atom. The normalized spacial score (nSPS) is 12.4. The molecule has 0 spiro atoms. The summed E-state index contributed by atoms with van der Waals surface area (Å²) >= 11 is 0. The van der Waals surface area contributed by atoms with E-state index in [4.69, 9.17) is 9.78 Å². The molecule has 0 fully saturated rings. The molecule has 0 saturated heterocycles. The van der Waals surface area contributed by atoms with Gasteiger partial charge in [0, 0.05) is 5.56 Å². The third kappa shape index (κ3) is 3.57. The average Bonchev–Trinajstić information content (AvgIpc) is 2.26. The van der Waals surface area contributed by atoms with Gasteiger partial charge in [-0.05, 0) is 34.1 Å². The van der Waals surface area contributed by atoms with Crippen molar-refractivity contribution in [3.63, 3.8) is 0 Å². The maximum absolute atomic E-state index is 11.5. The number of aldehydes is 1. The summed E-state index contributed by atoms with van der Waals surface area (Å²) in [6, 6.07) is 3.75. The van der Waals surface area contributed by atoms with Gasteiger partial charge in [-0.15, -0.1) is 0 Å². The molecule has 0 aliphatic heterocycles. The summed E-state index contributed by atoms with van der Waals surface area (Å²) in [5.41, 5.74) is 2.43. The number of rotatable bonds is 3. The van der Waals surface area contributed by atoms with Gasteiger partial charge in [0.15, 0.2) is 12.0 Å². The van der Waals surface area contributed by atoms with Gasteiger partial charge in [-0.3, -0.25) is 4.79 Å². The first kappa shape index (κ1) is 15.7. The molecular formula is C16H24O3. The highest BCUT2D eigenvalue weighted by molar-refractivity contribution is 5.82. The van der Waals surface area contributed by atoms with Crippen LogP contribution in [0, 0.1) is 0 Å². The Bertz CT molecular complexity index is 427. The third-order valence-electron chi connectivity index (χ3n) is 3.07. The second-order valence-electron chi connectivity index (χ2n) is 6.80. The van der Waals surface area contributed by atoms with Crippen LogP contribution in [0.4, 0.5) is 0 Å². The lowest BCUT2D eigenvalue weighted by Gasteiger charge is -2.28. The molecule has 1 aromatic rings. The van der Waals surface area contributed by atoms with E-state index in [-0.39, 0.29) is 10.8 Å². The van der Waals surface area contributed by atoms with E-state index < -0.39 is 0 Å². The topological polar surface area (TPSA) is 35.5 Å². The fraction of sp³-hybridized carbons (Fsp3) is 0.562. The van der Waals surface area contributed by atoms with Crippen LogP contribution in [-0.2, 0) is 15.7 Å². The maximum atomic E-state index is 11.5. The summed E-state index contributed by atoms with van der Waals surface area (Å²) in [5.74, 6) is 0.628. The molecule has 0 bridgehead atoms. The zero-order chi connectivity index (χ0) is 14.8. The monoisotopic (exact) mass is 264 g/mol. The molecule has 0 radical (unpaired) electrons. The SMILES string of the molecule is COOc1cc(C(C)(C)C)c(C=O)c(C(C)(C)C)c1. The Morgan fingerprint density at radius 1 is 0.947 bits per heavy atom. The Kier molecular flexibility index (Phi) is 4.41. The molecule has 0 aliphatic carbocycles. The van der Waals surface area contributed by atoms with Gasteiger partial charge in [0.25, 0.3) is 0 Å². The Labute approximate surface area is 115 Å². The van der Waals surface area contributed by atoms with Crippen molar-refractivity contribution in [2.24, 2.45) is 0 Å². The van der Waals surface area contributed by atoms with E-state index in [0.717, 1.165) is 23.0 Å². The molecule has 0 N–H and O–H groups in total. The molecule has 3 nitrogen and oxygen atoms in total. The van der Waals surface area contributed by atoms with Crippen molar-refractivity contribution in [2.75, 3.05) is 7.11 Å². The second kappa shape index (κ2) is 5.33. The maximum Gasteiger partial charge on any atom is 0.166 e. The molecule has 0 aromatic heterocycles. The van der Waals surface area contributed by atoms with Crippen LogP contribution in [0.2, 0.25) is 0 Å². The van der Waals surface area contributed by atoms with Crippen molar-refractivity contribution in [2.45, 2.75) is 52.4 Å². The van der Waals surface area contributed by atoms with Crippen LogP contribution in [0.5, 0.6) is 5.75 Å². The van der Waals surface area contributed by atoms with Crippen LogP contribution in [0.25, 0.3) is 0 Å². The van der Waals surface area contributed by atoms with Crippen molar-refractivity contribution < 1.29 is 14.6 Å². The fourth-order valence-electron chi connectivity index (χ4n) is 2.14. The van der Waals surface area contributed by atoms with Crippen molar-refractivity contribution in [1.82, 2.24) is 0 Å². The van der Waals surface area contributed by atoms with Gasteiger partial charge in [-0.1, -0.05) is 41.5 Å². The summed E-state index contributed by atoms with van der Waals surface area (Å²) in [5, 5.41) is 0. The van der Waals surface area contributed by atoms with Crippen molar-refractivity contribution in [1.29, 1.82) is 0 Å². The van der Waals surface area contributed by atoms with Gasteiger partial charge in [0.05, 0.1) is 7.11 Å². The molecule has 1 rings (SSSR count). The van der Waals surface area contributed by atoms with Crippen LogP contribution in [0.15, 0.2) is 12.1 Å². The van der Waals surface area contributed by atoms with Crippen molar-refractivity contribution in [3.05, 3.63) is 28.8 Å². The van der Waals surface area contributed by atoms with Crippen LogP contribution in [0.1, 0.15) is 63.0 Å². The van der Waals surface area contributed by atoms with Crippen LogP contribution in [0.3, 0.4) is 0 Å². The lowest BCUT2D eigenvalue weighted by atomic mass is 9.76. The number of hydrogen-bond acceptors (Lipinski definition) is 3. The molecule has 0 heterocycles. The van der Waals surface area contributed by atoms with Gasteiger partial charge in [0.2, 0.25) is 0 Å². The van der Waals surface area contributed by atoms with E-state index in [1.165, 1.54) is 7.11 Å². The van der Waals surface area contributed by atoms with Crippen molar-refractivity contribution >= 4 is 6.29 Å². The molecule has 1 aromatic carbocycles. The van der Waals surface area contributed by atoms with E-state index in [1.807, 2.05) is 12.1 Å². The molecular weight excluding hydrogens is 240 g/mol. The zero-order valence-electron chi connectivity index (χ0n) is 13.0. The van der Waals surface area contributed by atoms with Crippen LogP contribution < -0.4 is 4.89 Å². The Morgan fingerprint density at radius 2 is 1.37 bits per heavy atom. The lowest BCUT2D eigenvalue weighted by molar-refractivity contribution is -0.178. The largest absolute Gasteiger partial charge is 0.338 e. The molecule has 0 amide bonds. The summed E-state index contributed by atoms with van der Waals surface area (Å²) in [6.45, 7) is 12.5. The van der Waals surface area contributed by atoms with Gasteiger partial charge in [0.1, 0.15) is 0 Å². The van der Waals surface area contributed by atoms with E-state index in [1.54, 1.807) is 0 Å². The third-order valence-corrected chi connectivity index (χ3v) is 3.07. The predicted molar refractivity (Wildman–Crippen MR) is 76.9 cm³/mol. The molecule has 106 valence electrons. The van der Waals surface area contributed by atoms with Crippen LogP contribution >= 0.6 is 0 Å². The van der Waals surface area contributed by atoms with Crippen molar-refractivity contribution in [3.8, 4) is 5.75 Å². The smallest absolute Gasteiger partial charge is 0.166 e. The van der Waals surface area contributed by atoms with E-state index in [2.05, 4.69) is 41.5 Å². The number of hydrogen-bond donors (Lipinski definition) is 0. The highest BCUT2D eigenvalue weighted by atomic mass is 17.2. The summed E-state index contributed by atoms with van der Waals surface area (Å²) < 4.78 is 0. The lowest BCUT2D eigenvalue weighted by Crippen LogP contribution is -2.21. The highest BCUT2D eigenvalue weighted by Crippen LogP contribution is 2.36. The zero-order valence-corrected chi connectivity index (χ0v) is 13.0. The van der Waals surface area contributed by atoms with E-state index >= 15 is 0 Å². The van der Waals surface area contributed by atoms with Gasteiger partial charge >= 0.3 is 0 Å². The quantitative estimate of drug-likeness (QED) is 0.469. The highest BCUT2D eigenvalue weighted by Gasteiger charge is 2.26. The van der Waals surface area contributed by atoms with Crippen LogP contribution in [-0.4, -0.2) is 13.4 Å². The number of benzene rings is 1. The number of carbonyl (C=O) groups is 1. The molecule has 0 aliphatic rings. The molecule has 3 heteroatoms. The van der Waals surface area contributed by atoms with E-state index in [9.17, 15) is 4.79 Å². The molecule has 0 saturated carbocycles. The standard InChI is InChI=1S/C16H24O3/c1-15(2,3)13-8-11(19-18-7)9-14(12(13)10-17)16(4,5)6/h8-10H,1-7H3. The molecule has 19 heavy (non-hydrogen) atoms. The summed E-state index contributed by atoms with van der Waals surface area (Å²) in [4.78, 5) is 21.4.